The molecule has 26 heavy (non-hydrogen) atoms. The van der Waals surface area contributed by atoms with Crippen molar-refractivity contribution in [3.8, 4) is 5.75 Å². The second-order valence-electron chi connectivity index (χ2n) is 5.44. The SMILES string of the molecule is O=S(=O)(c1ccccc1)N(CC(O)COc1ccccc1)c1nccs1. The van der Waals surface area contributed by atoms with Gasteiger partial charge in [-0.15, -0.1) is 11.3 Å². The molecule has 0 spiro atoms. The monoisotopic (exact) mass is 390 g/mol. The van der Waals surface area contributed by atoms with Gasteiger partial charge >= 0.3 is 0 Å². The Hall–Kier alpha value is -2.42. The predicted molar refractivity (Wildman–Crippen MR) is 101 cm³/mol. The van der Waals surface area contributed by atoms with Gasteiger partial charge in [0.25, 0.3) is 10.0 Å². The van der Waals surface area contributed by atoms with Gasteiger partial charge in [-0.1, -0.05) is 36.4 Å². The number of aromatic nitrogens is 1. The van der Waals surface area contributed by atoms with E-state index < -0.39 is 16.1 Å². The molecule has 0 saturated heterocycles. The molecule has 136 valence electrons. The number of ether oxygens (including phenoxy) is 1. The molecule has 1 heterocycles. The van der Waals surface area contributed by atoms with Gasteiger partial charge in [-0.2, -0.15) is 0 Å². The molecule has 0 amide bonds. The quantitative estimate of drug-likeness (QED) is 0.640. The van der Waals surface area contributed by atoms with Crippen LogP contribution in [0, 0.1) is 0 Å². The third kappa shape index (κ3) is 4.40. The molecule has 0 aliphatic carbocycles. The maximum Gasteiger partial charge on any atom is 0.266 e. The molecule has 1 atom stereocenters. The maximum atomic E-state index is 13.0. The topological polar surface area (TPSA) is 79.7 Å². The average molecular weight is 390 g/mol. The van der Waals surface area contributed by atoms with Crippen LogP contribution in [0.1, 0.15) is 0 Å². The van der Waals surface area contributed by atoms with Crippen LogP contribution in [0.3, 0.4) is 0 Å². The minimum atomic E-state index is -3.84. The van der Waals surface area contributed by atoms with Crippen molar-refractivity contribution < 1.29 is 18.3 Å². The van der Waals surface area contributed by atoms with E-state index in [4.69, 9.17) is 4.74 Å². The minimum Gasteiger partial charge on any atom is -0.491 e. The van der Waals surface area contributed by atoms with E-state index in [1.807, 2.05) is 18.2 Å². The predicted octanol–water partition coefficient (Wildman–Crippen LogP) is 2.78. The maximum absolute atomic E-state index is 13.0. The number of sulfonamides is 1. The van der Waals surface area contributed by atoms with Crippen LogP contribution < -0.4 is 9.04 Å². The normalized spacial score (nSPS) is 12.5. The van der Waals surface area contributed by atoms with Gasteiger partial charge in [0.15, 0.2) is 5.13 Å². The standard InChI is InChI=1S/C18H18N2O4S2/c21-15(14-24-16-7-3-1-4-8-16)13-20(18-19-11-12-25-18)26(22,23)17-9-5-2-6-10-17/h1-12,15,21H,13-14H2. The number of thiazole rings is 1. The lowest BCUT2D eigenvalue weighted by molar-refractivity contribution is 0.115. The summed E-state index contributed by atoms with van der Waals surface area (Å²) in [6.07, 6.45) is 0.512. The number of nitrogens with zero attached hydrogens (tertiary/aromatic N) is 2. The Morgan fingerprint density at radius 3 is 2.35 bits per heavy atom. The molecule has 3 rings (SSSR count). The molecular formula is C18H18N2O4S2. The average Bonchev–Trinajstić information content (AvgIpc) is 3.20. The highest BCUT2D eigenvalue weighted by atomic mass is 32.2. The Morgan fingerprint density at radius 2 is 1.73 bits per heavy atom. The highest BCUT2D eigenvalue weighted by molar-refractivity contribution is 7.93. The first-order valence-corrected chi connectivity index (χ1v) is 10.2. The number of para-hydroxylation sites is 1. The molecule has 0 radical (unpaired) electrons. The van der Waals surface area contributed by atoms with Gasteiger partial charge in [0.05, 0.1) is 11.4 Å². The van der Waals surface area contributed by atoms with E-state index in [1.165, 1.54) is 29.7 Å². The van der Waals surface area contributed by atoms with Gasteiger partial charge in [-0.3, -0.25) is 0 Å². The van der Waals surface area contributed by atoms with Crippen molar-refractivity contribution in [2.24, 2.45) is 0 Å². The summed E-state index contributed by atoms with van der Waals surface area (Å²) in [7, 11) is -3.84. The molecule has 0 aliphatic rings. The summed E-state index contributed by atoms with van der Waals surface area (Å²) in [4.78, 5) is 4.24. The largest absolute Gasteiger partial charge is 0.491 e. The summed E-state index contributed by atoms with van der Waals surface area (Å²) < 4.78 is 32.6. The minimum absolute atomic E-state index is 0.0315. The van der Waals surface area contributed by atoms with E-state index >= 15 is 0 Å². The van der Waals surface area contributed by atoms with Crippen LogP contribution >= 0.6 is 11.3 Å². The smallest absolute Gasteiger partial charge is 0.266 e. The van der Waals surface area contributed by atoms with E-state index in [2.05, 4.69) is 4.98 Å². The van der Waals surface area contributed by atoms with Crippen molar-refractivity contribution in [1.82, 2.24) is 4.98 Å². The molecular weight excluding hydrogens is 372 g/mol. The second kappa shape index (κ2) is 8.31. The lowest BCUT2D eigenvalue weighted by Crippen LogP contribution is -2.39. The highest BCUT2D eigenvalue weighted by Crippen LogP contribution is 2.25. The van der Waals surface area contributed by atoms with Crippen molar-refractivity contribution in [3.05, 3.63) is 72.2 Å². The van der Waals surface area contributed by atoms with Gasteiger partial charge in [-0.05, 0) is 24.3 Å². The Balaban J connectivity index is 1.77. The number of rotatable bonds is 8. The lowest BCUT2D eigenvalue weighted by atomic mass is 10.3. The van der Waals surface area contributed by atoms with E-state index in [9.17, 15) is 13.5 Å². The van der Waals surface area contributed by atoms with E-state index in [0.29, 0.717) is 10.9 Å². The summed E-state index contributed by atoms with van der Waals surface area (Å²) in [6, 6.07) is 17.1. The summed E-state index contributed by atoms with van der Waals surface area (Å²) in [5, 5.41) is 12.3. The Labute approximate surface area is 156 Å². The van der Waals surface area contributed by atoms with Crippen LogP contribution in [0.5, 0.6) is 5.75 Å². The van der Waals surface area contributed by atoms with E-state index in [-0.39, 0.29) is 18.0 Å². The fraction of sp³-hybridized carbons (Fsp3) is 0.167. The highest BCUT2D eigenvalue weighted by Gasteiger charge is 2.28. The van der Waals surface area contributed by atoms with Crippen LogP contribution in [0.15, 0.2) is 77.1 Å². The van der Waals surface area contributed by atoms with Crippen molar-refractivity contribution in [1.29, 1.82) is 0 Å². The molecule has 1 unspecified atom stereocenters. The molecule has 2 aromatic carbocycles. The van der Waals surface area contributed by atoms with Gasteiger partial charge < -0.3 is 9.84 Å². The third-order valence-corrected chi connectivity index (χ3v) is 6.21. The fourth-order valence-electron chi connectivity index (χ4n) is 2.29. The Morgan fingerprint density at radius 1 is 1.08 bits per heavy atom. The lowest BCUT2D eigenvalue weighted by Gasteiger charge is -2.24. The number of aliphatic hydroxyl groups is 1. The van der Waals surface area contributed by atoms with Crippen LogP contribution in [0.4, 0.5) is 5.13 Å². The molecule has 8 heteroatoms. The van der Waals surface area contributed by atoms with Crippen LogP contribution in [-0.2, 0) is 10.0 Å². The van der Waals surface area contributed by atoms with Crippen molar-refractivity contribution in [3.63, 3.8) is 0 Å². The molecule has 1 N–H and O–H groups in total. The molecule has 0 aliphatic heterocycles. The van der Waals surface area contributed by atoms with Crippen LogP contribution in [0.2, 0.25) is 0 Å². The van der Waals surface area contributed by atoms with Crippen molar-refractivity contribution in [2.45, 2.75) is 11.0 Å². The summed E-state index contributed by atoms with van der Waals surface area (Å²) in [5.74, 6) is 0.610. The number of benzene rings is 2. The molecule has 3 aromatic rings. The summed E-state index contributed by atoms with van der Waals surface area (Å²) >= 11 is 1.19. The third-order valence-electron chi connectivity index (χ3n) is 3.53. The summed E-state index contributed by atoms with van der Waals surface area (Å²) in [5.41, 5.74) is 0. The van der Waals surface area contributed by atoms with Gasteiger partial charge in [0, 0.05) is 11.6 Å². The van der Waals surface area contributed by atoms with Gasteiger partial charge in [-0.25, -0.2) is 17.7 Å². The first kappa shape index (κ1) is 18.4. The van der Waals surface area contributed by atoms with E-state index in [0.717, 1.165) is 4.31 Å². The molecule has 0 fully saturated rings. The molecule has 0 saturated carbocycles. The Bertz CT molecular complexity index is 901. The van der Waals surface area contributed by atoms with Crippen LogP contribution in [0.25, 0.3) is 0 Å². The zero-order valence-electron chi connectivity index (χ0n) is 13.8. The molecule has 0 bridgehead atoms. The zero-order chi connectivity index (χ0) is 18.4. The number of hydrogen-bond donors (Lipinski definition) is 1. The summed E-state index contributed by atoms with van der Waals surface area (Å²) in [6.45, 7) is -0.187. The first-order valence-electron chi connectivity index (χ1n) is 7.90. The molecule has 1 aromatic heterocycles. The Kier molecular flexibility index (Phi) is 5.87. The number of hydrogen-bond acceptors (Lipinski definition) is 6. The van der Waals surface area contributed by atoms with Gasteiger partial charge in [0.2, 0.25) is 0 Å². The molecule has 6 nitrogen and oxygen atoms in total. The second-order valence-corrected chi connectivity index (χ2v) is 8.18. The van der Waals surface area contributed by atoms with Crippen LogP contribution in [-0.4, -0.2) is 37.8 Å². The zero-order valence-corrected chi connectivity index (χ0v) is 15.4. The number of aliphatic hydroxyl groups excluding tert-OH is 1. The first-order chi connectivity index (χ1) is 12.6. The van der Waals surface area contributed by atoms with Crippen molar-refractivity contribution in [2.75, 3.05) is 17.5 Å². The fourth-order valence-corrected chi connectivity index (χ4v) is 4.65. The van der Waals surface area contributed by atoms with Gasteiger partial charge in [0.1, 0.15) is 18.5 Å². The van der Waals surface area contributed by atoms with Crippen molar-refractivity contribution >= 4 is 26.5 Å². The number of anilines is 1. The van der Waals surface area contributed by atoms with E-state index in [1.54, 1.807) is 35.7 Å².